The summed E-state index contributed by atoms with van der Waals surface area (Å²) in [5.41, 5.74) is 6.39. The number of aromatic nitrogens is 5. The molecule has 1 fully saturated rings. The van der Waals surface area contributed by atoms with Crippen LogP contribution in [0.25, 0.3) is 11.2 Å². The van der Waals surface area contributed by atoms with E-state index < -0.39 is 48.4 Å². The van der Waals surface area contributed by atoms with Crippen molar-refractivity contribution in [2.75, 3.05) is 17.8 Å². The Hall–Kier alpha value is -4.05. The number of nitrogens with zero attached hydrogens (tertiary/aromatic N) is 4. The monoisotopic (exact) mass is 474 g/mol. The second-order valence-electron chi connectivity index (χ2n) is 7.40. The molecule has 1 saturated heterocycles. The lowest BCUT2D eigenvalue weighted by molar-refractivity contribution is -0.0579. The minimum atomic E-state index is -1.61. The number of imidazole rings is 1. The van der Waals surface area contributed by atoms with Gasteiger partial charge in [0.15, 0.2) is 17.4 Å². The van der Waals surface area contributed by atoms with E-state index >= 15 is 0 Å². The zero-order chi connectivity index (χ0) is 24.6. The number of ether oxygens (including phenoxy) is 2. The maximum absolute atomic E-state index is 13.1. The second-order valence-corrected chi connectivity index (χ2v) is 7.40. The molecule has 34 heavy (non-hydrogen) atoms. The van der Waals surface area contributed by atoms with Crippen LogP contribution in [0.1, 0.15) is 16.6 Å². The number of fused-ring (bicyclic) bond motifs is 1. The predicted octanol–water partition coefficient (Wildman–Crippen LogP) is -2.19. The van der Waals surface area contributed by atoms with E-state index in [4.69, 9.17) is 21.1 Å². The summed E-state index contributed by atoms with van der Waals surface area (Å²) in [5.74, 6) is 4.55. The van der Waals surface area contributed by atoms with Crippen molar-refractivity contribution < 1.29 is 24.5 Å². The van der Waals surface area contributed by atoms with Crippen LogP contribution in [0.15, 0.2) is 40.6 Å². The summed E-state index contributed by atoms with van der Waals surface area (Å²) in [6, 6.07) is 2.89. The van der Waals surface area contributed by atoms with Gasteiger partial charge in [-0.25, -0.2) is 25.0 Å². The van der Waals surface area contributed by atoms with Crippen LogP contribution in [-0.2, 0) is 16.0 Å². The lowest BCUT2D eigenvalue weighted by atomic mass is 10.1. The van der Waals surface area contributed by atoms with E-state index in [9.17, 15) is 24.6 Å². The van der Waals surface area contributed by atoms with Gasteiger partial charge < -0.3 is 30.8 Å². The first-order valence-corrected chi connectivity index (χ1v) is 9.99. The van der Waals surface area contributed by atoms with Gasteiger partial charge >= 0.3 is 11.7 Å². The topological polar surface area (TPSA) is 226 Å². The van der Waals surface area contributed by atoms with Gasteiger partial charge in [0.05, 0.1) is 5.56 Å². The summed E-state index contributed by atoms with van der Waals surface area (Å²) in [5, 5.41) is 21.1. The third-order valence-electron chi connectivity index (χ3n) is 5.26. The molecule has 180 valence electrons. The van der Waals surface area contributed by atoms with E-state index in [2.05, 4.69) is 27.0 Å². The molecule has 0 aromatic carbocycles. The van der Waals surface area contributed by atoms with Crippen LogP contribution in [0.3, 0.4) is 0 Å². The van der Waals surface area contributed by atoms with E-state index in [0.29, 0.717) is 5.82 Å². The number of carbonyl (C=O) groups is 1. The van der Waals surface area contributed by atoms with Gasteiger partial charge in [-0.1, -0.05) is 6.08 Å². The number of hydrogen-bond acceptors (Lipinski definition) is 12. The van der Waals surface area contributed by atoms with Crippen LogP contribution < -0.4 is 28.3 Å². The minimum Gasteiger partial charge on any atom is -0.459 e. The van der Waals surface area contributed by atoms with E-state index in [1.807, 2.05) is 0 Å². The smallest absolute Gasteiger partial charge is 0.339 e. The number of H-pyrrole nitrogens is 1. The van der Waals surface area contributed by atoms with Gasteiger partial charge in [-0.15, -0.1) is 6.58 Å². The number of allylic oxidation sites excluding steroid dienone is 1. The quantitative estimate of drug-likeness (QED) is 0.0929. The Bertz CT molecular complexity index is 1350. The molecular weight excluding hydrogens is 452 g/mol. The third kappa shape index (κ3) is 3.92. The summed E-state index contributed by atoms with van der Waals surface area (Å²) >= 11 is 0. The standard InChI is InChI=1S/C19H22N8O7/c1-2-5-26-11-14(23-18(20)24-15(11)30)27(19(26)32)16-13(29)12(28)9(34-16)7-33-17(31)8-3-4-10(25-21)22-6-8/h2-4,6,9,12-13,16,28-29H,1,5,7,21H2,(H,22,25)(H3,20,23,24,30)/t9-,12-,13-,16?/m1/s1. The number of esters is 1. The number of rotatable bonds is 7. The zero-order valence-corrected chi connectivity index (χ0v) is 17.6. The molecule has 8 N–H and O–H groups in total. The number of nitrogens with one attached hydrogen (secondary N) is 2. The van der Waals surface area contributed by atoms with E-state index in [1.54, 1.807) is 0 Å². The van der Waals surface area contributed by atoms with Crippen molar-refractivity contribution in [1.82, 2.24) is 24.1 Å². The average molecular weight is 474 g/mol. The van der Waals surface area contributed by atoms with Crippen molar-refractivity contribution in [3.63, 3.8) is 0 Å². The molecule has 1 unspecified atom stereocenters. The Morgan fingerprint density at radius 3 is 2.76 bits per heavy atom. The molecule has 4 heterocycles. The molecule has 0 saturated carbocycles. The fraction of sp³-hybridized carbons (Fsp3) is 0.316. The molecule has 0 bridgehead atoms. The lowest BCUT2D eigenvalue weighted by Crippen LogP contribution is -2.36. The predicted molar refractivity (Wildman–Crippen MR) is 117 cm³/mol. The molecule has 0 aliphatic carbocycles. The maximum Gasteiger partial charge on any atom is 0.339 e. The molecule has 1 aliphatic heterocycles. The van der Waals surface area contributed by atoms with Crippen molar-refractivity contribution in [2.45, 2.75) is 31.1 Å². The highest BCUT2D eigenvalue weighted by Gasteiger charge is 2.46. The highest BCUT2D eigenvalue weighted by Crippen LogP contribution is 2.30. The van der Waals surface area contributed by atoms with Crippen molar-refractivity contribution >= 4 is 28.9 Å². The number of carbonyl (C=O) groups excluding carboxylic acids is 1. The molecule has 15 nitrogen and oxygen atoms in total. The lowest BCUT2D eigenvalue weighted by Gasteiger charge is -2.15. The first-order valence-electron chi connectivity index (χ1n) is 9.99. The van der Waals surface area contributed by atoms with E-state index in [-0.39, 0.29) is 29.2 Å². The minimum absolute atomic E-state index is 0.0318. The molecule has 4 atom stereocenters. The first kappa shape index (κ1) is 23.1. The van der Waals surface area contributed by atoms with Crippen molar-refractivity contribution in [1.29, 1.82) is 0 Å². The van der Waals surface area contributed by atoms with E-state index in [1.165, 1.54) is 24.4 Å². The highest BCUT2D eigenvalue weighted by molar-refractivity contribution is 5.89. The molecule has 0 amide bonds. The van der Waals surface area contributed by atoms with Crippen LogP contribution in [0.4, 0.5) is 11.8 Å². The van der Waals surface area contributed by atoms with E-state index in [0.717, 1.165) is 9.13 Å². The summed E-state index contributed by atoms with van der Waals surface area (Å²) in [6.45, 7) is 3.09. The van der Waals surface area contributed by atoms with Gasteiger partial charge in [0.1, 0.15) is 30.7 Å². The van der Waals surface area contributed by atoms with Crippen LogP contribution in [0.5, 0.6) is 0 Å². The number of hydrazine groups is 1. The Kier molecular flexibility index (Phi) is 6.16. The fourth-order valence-electron chi connectivity index (χ4n) is 3.65. The number of anilines is 2. The van der Waals surface area contributed by atoms with Crippen LogP contribution >= 0.6 is 0 Å². The van der Waals surface area contributed by atoms with Crippen molar-refractivity contribution in [3.8, 4) is 0 Å². The molecular formula is C19H22N8O7. The molecule has 4 rings (SSSR count). The third-order valence-corrected chi connectivity index (χ3v) is 5.26. The molecule has 0 radical (unpaired) electrons. The SMILES string of the molecule is C=CCn1c(=O)n(C2O[C@H](COC(=O)c3ccc(NN)nc3)[C@@H](O)[C@H]2O)c2nc(N)[nH]c(=O)c21. The van der Waals surface area contributed by atoms with Gasteiger partial charge in [-0.2, -0.15) is 4.98 Å². The first-order chi connectivity index (χ1) is 16.3. The maximum atomic E-state index is 13.1. The van der Waals surface area contributed by atoms with Gasteiger partial charge in [0.25, 0.3) is 5.56 Å². The molecule has 3 aromatic rings. The molecule has 15 heteroatoms. The van der Waals surface area contributed by atoms with Crippen LogP contribution in [0, 0.1) is 0 Å². The number of nitrogens with two attached hydrogens (primary N) is 2. The Balaban J connectivity index is 1.60. The van der Waals surface area contributed by atoms with Gasteiger partial charge in [-0.3, -0.25) is 14.3 Å². The molecule has 1 aliphatic rings. The number of hydrogen-bond donors (Lipinski definition) is 6. The van der Waals surface area contributed by atoms with Crippen molar-refractivity contribution in [3.05, 3.63) is 57.4 Å². The number of aliphatic hydroxyl groups excluding tert-OH is 2. The Labute approximate surface area is 190 Å². The number of nitrogen functional groups attached to an aromatic ring is 2. The van der Waals surface area contributed by atoms with Gasteiger partial charge in [0.2, 0.25) is 5.95 Å². The largest absolute Gasteiger partial charge is 0.459 e. The Morgan fingerprint density at radius 1 is 1.35 bits per heavy atom. The van der Waals surface area contributed by atoms with Gasteiger partial charge in [0, 0.05) is 12.7 Å². The molecule has 0 spiro atoms. The highest BCUT2D eigenvalue weighted by atomic mass is 16.6. The van der Waals surface area contributed by atoms with Crippen LogP contribution in [0.2, 0.25) is 0 Å². The summed E-state index contributed by atoms with van der Waals surface area (Å²) in [7, 11) is 0. The number of aliphatic hydroxyl groups is 2. The number of pyridine rings is 1. The van der Waals surface area contributed by atoms with Gasteiger partial charge in [-0.05, 0) is 12.1 Å². The zero-order valence-electron chi connectivity index (χ0n) is 17.6. The van der Waals surface area contributed by atoms with Crippen LogP contribution in [-0.4, -0.2) is 65.2 Å². The normalized spacial score (nSPS) is 22.1. The summed E-state index contributed by atoms with van der Waals surface area (Å²) < 4.78 is 12.8. The second kappa shape index (κ2) is 9.06. The number of aromatic amines is 1. The average Bonchev–Trinajstić information content (AvgIpc) is 3.25. The summed E-state index contributed by atoms with van der Waals surface area (Å²) in [6.07, 6.45) is -3.12. The molecule has 3 aromatic heterocycles. The summed E-state index contributed by atoms with van der Waals surface area (Å²) in [4.78, 5) is 48.0. The Morgan fingerprint density at radius 2 is 2.12 bits per heavy atom. The fourth-order valence-corrected chi connectivity index (χ4v) is 3.65. The van der Waals surface area contributed by atoms with Crippen molar-refractivity contribution in [2.24, 2.45) is 5.84 Å².